The second-order valence-electron chi connectivity index (χ2n) is 3.65. The van der Waals surface area contributed by atoms with E-state index in [0.29, 0.717) is 21.5 Å². The molecule has 16 heavy (non-hydrogen) atoms. The van der Waals surface area contributed by atoms with Crippen LogP contribution in [0.2, 0.25) is 5.15 Å². The van der Waals surface area contributed by atoms with Crippen LogP contribution in [0.15, 0.2) is 29.1 Å². The van der Waals surface area contributed by atoms with E-state index in [1.807, 2.05) is 0 Å². The minimum Gasteiger partial charge on any atom is -0.302 e. The Kier molecular flexibility index (Phi) is 2.56. The largest absolute Gasteiger partial charge is 0.302 e. The number of benzene rings is 1. The Hall–Kier alpha value is -1.61. The maximum atomic E-state index is 11.9. The van der Waals surface area contributed by atoms with Crippen LogP contribution in [0.3, 0.4) is 0 Å². The molecule has 0 aliphatic carbocycles. The maximum Gasteiger partial charge on any atom is 0.259 e. The lowest BCUT2D eigenvalue weighted by molar-refractivity contribution is 0.101. The average Bonchev–Trinajstić information content (AvgIpc) is 2.25. The van der Waals surface area contributed by atoms with Crippen LogP contribution in [0.1, 0.15) is 17.3 Å². The monoisotopic (exact) mass is 235 g/mol. The van der Waals surface area contributed by atoms with Crippen molar-refractivity contribution in [3.63, 3.8) is 0 Å². The Morgan fingerprint density at radius 2 is 2.00 bits per heavy atom. The first-order chi connectivity index (χ1) is 7.52. The fourth-order valence-electron chi connectivity index (χ4n) is 1.71. The van der Waals surface area contributed by atoms with Crippen molar-refractivity contribution in [2.24, 2.45) is 7.05 Å². The van der Waals surface area contributed by atoms with Crippen molar-refractivity contribution >= 4 is 28.2 Å². The Labute approximate surface area is 97.3 Å². The summed E-state index contributed by atoms with van der Waals surface area (Å²) in [5, 5.41) is 1.45. The molecule has 2 aromatic rings. The van der Waals surface area contributed by atoms with Crippen LogP contribution in [-0.2, 0) is 7.05 Å². The van der Waals surface area contributed by atoms with E-state index in [1.165, 1.54) is 11.5 Å². The molecule has 0 fully saturated rings. The summed E-state index contributed by atoms with van der Waals surface area (Å²) in [6.07, 6.45) is 0. The number of carbonyl (C=O) groups excluding carboxylic acids is 1. The van der Waals surface area contributed by atoms with E-state index in [-0.39, 0.29) is 11.3 Å². The van der Waals surface area contributed by atoms with E-state index in [2.05, 4.69) is 0 Å². The number of Topliss-reactive ketones (excluding diaryl/α,β-unsaturated/α-hetero) is 1. The molecule has 0 bridgehead atoms. The Balaban J connectivity index is 3.01. The van der Waals surface area contributed by atoms with E-state index in [4.69, 9.17) is 11.6 Å². The van der Waals surface area contributed by atoms with Gasteiger partial charge < -0.3 is 4.57 Å². The van der Waals surface area contributed by atoms with Crippen LogP contribution in [0, 0.1) is 0 Å². The summed E-state index contributed by atoms with van der Waals surface area (Å²) in [6, 6.07) is 6.74. The number of halogens is 1. The molecule has 82 valence electrons. The molecule has 0 amide bonds. The quantitative estimate of drug-likeness (QED) is 0.562. The molecule has 0 saturated heterocycles. The van der Waals surface area contributed by atoms with Crippen LogP contribution in [-0.4, -0.2) is 10.4 Å². The number of nitrogens with zero attached hydrogens (tertiary/aromatic N) is 1. The van der Waals surface area contributed by atoms with Gasteiger partial charge in [-0.25, -0.2) is 0 Å². The molecular weight excluding hydrogens is 226 g/mol. The molecule has 1 aromatic heterocycles. The highest BCUT2D eigenvalue weighted by molar-refractivity contribution is 6.30. The summed E-state index contributed by atoms with van der Waals surface area (Å²) in [4.78, 5) is 23.3. The SMILES string of the molecule is CC(=O)c1cccc2c(=O)n(C)c(Cl)cc12. The summed E-state index contributed by atoms with van der Waals surface area (Å²) in [5.41, 5.74) is 0.336. The highest BCUT2D eigenvalue weighted by atomic mass is 35.5. The third-order valence-corrected chi connectivity index (χ3v) is 2.97. The number of aromatic nitrogens is 1. The molecule has 0 spiro atoms. The normalized spacial score (nSPS) is 10.7. The summed E-state index contributed by atoms with van der Waals surface area (Å²) in [7, 11) is 1.60. The number of hydrogen-bond acceptors (Lipinski definition) is 2. The Bertz CT molecular complexity index is 643. The van der Waals surface area contributed by atoms with Crippen LogP contribution < -0.4 is 5.56 Å². The minimum absolute atomic E-state index is 0.0741. The van der Waals surface area contributed by atoms with Crippen molar-refractivity contribution < 1.29 is 4.79 Å². The highest BCUT2D eigenvalue weighted by Crippen LogP contribution is 2.19. The van der Waals surface area contributed by atoms with E-state index >= 15 is 0 Å². The first-order valence-corrected chi connectivity index (χ1v) is 5.19. The zero-order valence-electron chi connectivity index (χ0n) is 8.95. The summed E-state index contributed by atoms with van der Waals surface area (Å²) < 4.78 is 1.35. The van der Waals surface area contributed by atoms with Crippen molar-refractivity contribution in [1.29, 1.82) is 0 Å². The number of ketones is 1. The molecule has 3 nitrogen and oxygen atoms in total. The standard InChI is InChI=1S/C12H10ClNO2/c1-7(15)8-4-3-5-9-10(8)6-11(13)14(2)12(9)16/h3-6H,1-2H3. The molecule has 0 aliphatic rings. The van der Waals surface area contributed by atoms with Gasteiger partial charge in [-0.3, -0.25) is 9.59 Å². The van der Waals surface area contributed by atoms with Gasteiger partial charge >= 0.3 is 0 Å². The van der Waals surface area contributed by atoms with Gasteiger partial charge in [0.2, 0.25) is 0 Å². The van der Waals surface area contributed by atoms with Crippen LogP contribution in [0.4, 0.5) is 0 Å². The van der Waals surface area contributed by atoms with E-state index in [0.717, 1.165) is 0 Å². The molecule has 0 aliphatic heterocycles. The van der Waals surface area contributed by atoms with Crippen LogP contribution in [0.5, 0.6) is 0 Å². The lowest BCUT2D eigenvalue weighted by Gasteiger charge is -2.06. The molecule has 2 rings (SSSR count). The molecular formula is C12H10ClNO2. The number of pyridine rings is 1. The predicted molar refractivity (Wildman–Crippen MR) is 64.2 cm³/mol. The molecule has 1 heterocycles. The highest BCUT2D eigenvalue weighted by Gasteiger charge is 2.10. The summed E-state index contributed by atoms with van der Waals surface area (Å²) >= 11 is 5.92. The van der Waals surface area contributed by atoms with Gasteiger partial charge in [0.15, 0.2) is 5.78 Å². The second-order valence-corrected chi connectivity index (χ2v) is 4.04. The van der Waals surface area contributed by atoms with Gasteiger partial charge in [0.25, 0.3) is 5.56 Å². The van der Waals surface area contributed by atoms with E-state index in [1.54, 1.807) is 31.3 Å². The zero-order valence-corrected chi connectivity index (χ0v) is 9.71. The van der Waals surface area contributed by atoms with Crippen LogP contribution in [0.25, 0.3) is 10.8 Å². The fraction of sp³-hybridized carbons (Fsp3) is 0.167. The van der Waals surface area contributed by atoms with Crippen molar-refractivity contribution in [1.82, 2.24) is 4.57 Å². The van der Waals surface area contributed by atoms with Crippen LogP contribution >= 0.6 is 11.6 Å². The molecule has 0 unspecified atom stereocenters. The number of hydrogen-bond donors (Lipinski definition) is 0. The number of fused-ring (bicyclic) bond motifs is 1. The van der Waals surface area contributed by atoms with Gasteiger partial charge in [0, 0.05) is 23.4 Å². The number of carbonyl (C=O) groups is 1. The van der Waals surface area contributed by atoms with Crippen molar-refractivity contribution in [3.05, 3.63) is 45.3 Å². The minimum atomic E-state index is -0.189. The lowest BCUT2D eigenvalue weighted by Crippen LogP contribution is -2.17. The van der Waals surface area contributed by atoms with Gasteiger partial charge in [0.1, 0.15) is 5.15 Å². The molecule has 0 atom stereocenters. The van der Waals surface area contributed by atoms with Gasteiger partial charge in [0.05, 0.1) is 0 Å². The van der Waals surface area contributed by atoms with Crippen molar-refractivity contribution in [2.45, 2.75) is 6.92 Å². The molecule has 4 heteroatoms. The fourth-order valence-corrected chi connectivity index (χ4v) is 1.89. The van der Waals surface area contributed by atoms with Gasteiger partial charge in [-0.15, -0.1) is 0 Å². The number of rotatable bonds is 1. The first-order valence-electron chi connectivity index (χ1n) is 4.81. The average molecular weight is 236 g/mol. The topological polar surface area (TPSA) is 39.1 Å². The van der Waals surface area contributed by atoms with E-state index in [9.17, 15) is 9.59 Å². The van der Waals surface area contributed by atoms with Gasteiger partial charge in [-0.2, -0.15) is 0 Å². The van der Waals surface area contributed by atoms with Gasteiger partial charge in [-0.1, -0.05) is 23.7 Å². The third kappa shape index (κ3) is 1.53. The summed E-state index contributed by atoms with van der Waals surface area (Å²) in [6.45, 7) is 1.47. The first kappa shape index (κ1) is 10.9. The zero-order chi connectivity index (χ0) is 11.9. The molecule has 0 radical (unpaired) electrons. The lowest BCUT2D eigenvalue weighted by atomic mass is 10.0. The van der Waals surface area contributed by atoms with E-state index < -0.39 is 0 Å². The maximum absolute atomic E-state index is 11.9. The predicted octanol–water partition coefficient (Wildman–Crippen LogP) is 2.39. The Morgan fingerprint density at radius 3 is 2.62 bits per heavy atom. The van der Waals surface area contributed by atoms with Crippen molar-refractivity contribution in [3.8, 4) is 0 Å². The molecule has 0 N–H and O–H groups in total. The summed E-state index contributed by atoms with van der Waals surface area (Å²) in [5.74, 6) is -0.0741. The third-order valence-electron chi connectivity index (χ3n) is 2.60. The molecule has 1 aromatic carbocycles. The van der Waals surface area contributed by atoms with Gasteiger partial charge in [-0.05, 0) is 19.1 Å². The Morgan fingerprint density at radius 1 is 1.31 bits per heavy atom. The van der Waals surface area contributed by atoms with Crippen molar-refractivity contribution in [2.75, 3.05) is 0 Å². The second kappa shape index (κ2) is 3.76. The molecule has 0 saturated carbocycles. The smallest absolute Gasteiger partial charge is 0.259 e.